The summed E-state index contributed by atoms with van der Waals surface area (Å²) >= 11 is 0. The second-order valence-corrected chi connectivity index (χ2v) is 0. The predicted molar refractivity (Wildman–Crippen MR) is 48.4 cm³/mol. The molecule has 0 amide bonds. The largest absolute Gasteiger partial charge is 3.00 e. The van der Waals surface area contributed by atoms with Gasteiger partial charge in [-0.3, -0.25) is 0 Å². The van der Waals surface area contributed by atoms with Gasteiger partial charge in [0.1, 0.15) is 0 Å². The van der Waals surface area contributed by atoms with Crippen molar-refractivity contribution in [1.29, 1.82) is 0 Å². The van der Waals surface area contributed by atoms with Crippen molar-refractivity contribution in [2.45, 2.75) is 27.7 Å². The Morgan fingerprint density at radius 3 is 0.167 bits per heavy atom. The van der Waals surface area contributed by atoms with E-state index in [1.54, 1.807) is 0 Å². The molecule has 0 aliphatic heterocycles. The SMILES string of the molecule is CC.CC.[CH3-].[CH3-].[CH3-].[CH3-].[Y+3].[Y].[Y].[Y].[Y].[Y].[Y].[Y].[Y].[Y].[Y].[Y].[Y].[Y].[Y].[Y].[Y].[Y].[Y].[Y].[Y].[Y]. The Balaban J connectivity index is -0.0000000000549. The van der Waals surface area contributed by atoms with Crippen molar-refractivity contribution in [3.8, 4) is 0 Å². The maximum Gasteiger partial charge on any atom is 3.00 e. The second-order valence-electron chi connectivity index (χ2n) is 0. The van der Waals surface area contributed by atoms with Gasteiger partial charge in [0.2, 0.25) is 0 Å². The summed E-state index contributed by atoms with van der Waals surface area (Å²) in [6.07, 6.45) is 0. The third kappa shape index (κ3) is 233. The van der Waals surface area contributed by atoms with Gasteiger partial charge in [-0.25, -0.2) is 0 Å². The first-order valence-electron chi connectivity index (χ1n) is 2.00. The Kier molecular flexibility index (Phi) is 1840. The first-order valence-corrected chi connectivity index (χ1v) is 2.00. The minimum absolute atomic E-state index is 0. The first-order chi connectivity index (χ1) is 2.00. The van der Waals surface area contributed by atoms with Gasteiger partial charge in [0.05, 0.1) is 0 Å². The molecule has 0 aromatic carbocycles. The van der Waals surface area contributed by atoms with E-state index in [2.05, 4.69) is 0 Å². The molecule has 123 valence electrons. The average Bonchev–Trinajstić information content (AvgIpc) is 1.50. The number of rotatable bonds is 0. The predicted octanol–water partition coefficient (Wildman–Crippen LogP) is 3.80. The standard InChI is InChI=1S/2C2H6.4CH3.22Y/c2*1-2;;;;;;;;;;;;;;;;;;;;;;;;;;/h2*1-2H3;4*1H3;;;;;;;;;;;;;;;;;;;;;;/q;;4*-1;;;;;;;;;;;;;;;;;;;;;;+3. The maximum absolute atomic E-state index is 2.00. The van der Waals surface area contributed by atoms with Gasteiger partial charge in [-0.1, -0.05) is 27.7 Å². The van der Waals surface area contributed by atoms with Crippen LogP contribution in [0.1, 0.15) is 27.7 Å². The van der Waals surface area contributed by atoms with Crippen LogP contribution in [0.15, 0.2) is 0 Å². The van der Waals surface area contributed by atoms with Gasteiger partial charge in [-0.2, -0.15) is 0 Å². The average molecular weight is 2080 g/mol. The summed E-state index contributed by atoms with van der Waals surface area (Å²) in [7, 11) is 0. The van der Waals surface area contributed by atoms with Gasteiger partial charge in [-0.15, -0.1) is 0 Å². The molecule has 0 atom stereocenters. The van der Waals surface area contributed by atoms with Crippen molar-refractivity contribution in [3.05, 3.63) is 29.7 Å². The van der Waals surface area contributed by atoms with E-state index >= 15 is 0 Å². The van der Waals surface area contributed by atoms with Crippen molar-refractivity contribution in [3.63, 3.8) is 0 Å². The molecule has 0 saturated heterocycles. The van der Waals surface area contributed by atoms with Crippen LogP contribution in [0.5, 0.6) is 0 Å². The van der Waals surface area contributed by atoms with Crippen LogP contribution in [0.25, 0.3) is 0 Å². The third-order valence-electron chi connectivity index (χ3n) is 0. The molecule has 0 aromatic heterocycles. The van der Waals surface area contributed by atoms with Crippen molar-refractivity contribution >= 4 is 0 Å². The van der Waals surface area contributed by atoms with Gasteiger partial charge in [0.15, 0.2) is 0 Å². The molecule has 0 spiro atoms. The minimum Gasteiger partial charge on any atom is -0.358 e. The van der Waals surface area contributed by atoms with Gasteiger partial charge < -0.3 is 29.7 Å². The molecule has 0 rings (SSSR count). The molecule has 0 aromatic rings. The van der Waals surface area contributed by atoms with Crippen LogP contribution in [0, 0.1) is 29.7 Å². The zero-order chi connectivity index (χ0) is 4.00. The van der Waals surface area contributed by atoms with Crippen LogP contribution in [0.2, 0.25) is 0 Å². The van der Waals surface area contributed by atoms with Gasteiger partial charge in [-0.05, 0) is 0 Å². The monoisotopic (exact) mass is 2080 g/mol. The van der Waals surface area contributed by atoms with E-state index in [1.807, 2.05) is 27.7 Å². The van der Waals surface area contributed by atoms with Crippen molar-refractivity contribution < 1.29 is 720 Å². The zero-order valence-corrected chi connectivity index (χ0v) is 83.1. The van der Waals surface area contributed by atoms with Gasteiger partial charge in [0.25, 0.3) is 0 Å². The molecule has 0 aliphatic rings. The molecule has 0 heterocycles. The molecule has 0 N–H and O–H groups in total. The van der Waals surface area contributed by atoms with Crippen LogP contribution in [-0.4, -0.2) is 0 Å². The summed E-state index contributed by atoms with van der Waals surface area (Å²) in [5, 5.41) is 0. The summed E-state index contributed by atoms with van der Waals surface area (Å²) in [5.41, 5.74) is 0. The van der Waals surface area contributed by atoms with Crippen molar-refractivity contribution in [2.75, 3.05) is 0 Å². The zero-order valence-electron chi connectivity index (χ0n) is 20.7. The Morgan fingerprint density at radius 2 is 0.167 bits per heavy atom. The van der Waals surface area contributed by atoms with E-state index in [4.69, 9.17) is 0 Å². The summed E-state index contributed by atoms with van der Waals surface area (Å²) in [6, 6.07) is 0. The molecular weight excluding hydrogens is 2050 g/mol. The Hall–Kier alpha value is 24.3. The molecule has 0 unspecified atom stereocenters. The summed E-state index contributed by atoms with van der Waals surface area (Å²) < 4.78 is 0. The van der Waals surface area contributed by atoms with Crippen LogP contribution in [-0.2, 0) is 720 Å². The van der Waals surface area contributed by atoms with E-state index in [-0.39, 0.29) is 749 Å². The summed E-state index contributed by atoms with van der Waals surface area (Å²) in [6.45, 7) is 8.00. The Bertz CT molecular complexity index is 25.1. The van der Waals surface area contributed by atoms with E-state index in [1.165, 1.54) is 0 Å². The fraction of sp³-hybridized carbons (Fsp3) is 0.500. The van der Waals surface area contributed by atoms with Crippen molar-refractivity contribution in [1.82, 2.24) is 0 Å². The Morgan fingerprint density at radius 1 is 0.167 bits per heavy atom. The fourth-order valence-electron chi connectivity index (χ4n) is 0. The molecule has 0 bridgehead atoms. The van der Waals surface area contributed by atoms with Crippen LogP contribution in [0.3, 0.4) is 0 Å². The summed E-state index contributed by atoms with van der Waals surface area (Å²) in [5.74, 6) is 0. The third-order valence-corrected chi connectivity index (χ3v) is 0. The van der Waals surface area contributed by atoms with E-state index in [0.29, 0.717) is 0 Å². The fourth-order valence-corrected chi connectivity index (χ4v) is 0. The molecule has 0 aliphatic carbocycles. The molecule has 0 saturated carbocycles. The molecule has 0 fully saturated rings. The Labute approximate surface area is 749 Å². The van der Waals surface area contributed by atoms with Crippen LogP contribution >= 0.6 is 0 Å². The normalized spacial score (nSPS) is 0.400. The quantitative estimate of drug-likeness (QED) is 0.325. The van der Waals surface area contributed by atoms with E-state index < -0.39 is 0 Å². The van der Waals surface area contributed by atoms with Gasteiger partial charge >= 0.3 is 32.7 Å². The smallest absolute Gasteiger partial charge is 0.358 e. The van der Waals surface area contributed by atoms with Gasteiger partial charge in [0, 0.05) is 687 Å². The van der Waals surface area contributed by atoms with Crippen molar-refractivity contribution in [2.24, 2.45) is 0 Å². The molecule has 22 heteroatoms. The molecule has 30 heavy (non-hydrogen) atoms. The van der Waals surface area contributed by atoms with Crippen LogP contribution in [0.4, 0.5) is 0 Å². The molecule has 21 radical (unpaired) electrons. The first kappa shape index (κ1) is 223. The van der Waals surface area contributed by atoms with Crippen LogP contribution < -0.4 is 0 Å². The molecule has 0 nitrogen and oxygen atoms in total. The minimum atomic E-state index is 0. The van der Waals surface area contributed by atoms with E-state index in [0.717, 1.165) is 0 Å². The topological polar surface area (TPSA) is 0 Å². The molecular formula is C8H24Y22-. The second kappa shape index (κ2) is 247. The van der Waals surface area contributed by atoms with E-state index in [9.17, 15) is 0 Å². The number of hydrogen-bond acceptors (Lipinski definition) is 0. The number of hydrogen-bond donors (Lipinski definition) is 0. The summed E-state index contributed by atoms with van der Waals surface area (Å²) in [4.78, 5) is 0. The maximum atomic E-state index is 2.00.